The van der Waals surface area contributed by atoms with Crippen LogP contribution in [0.1, 0.15) is 38.7 Å². The van der Waals surface area contributed by atoms with Crippen LogP contribution in [0.2, 0.25) is 0 Å². The molecule has 0 saturated carbocycles. The van der Waals surface area contributed by atoms with Crippen LogP contribution < -0.4 is 5.32 Å². The summed E-state index contributed by atoms with van der Waals surface area (Å²) < 4.78 is 0. The molecule has 0 aromatic heterocycles. The summed E-state index contributed by atoms with van der Waals surface area (Å²) in [6.45, 7) is 5.25. The normalized spacial score (nSPS) is 10.6. The van der Waals surface area contributed by atoms with E-state index in [2.05, 4.69) is 49.5 Å². The highest BCUT2D eigenvalue weighted by molar-refractivity contribution is 7.99. The number of hydrogen-bond acceptors (Lipinski definition) is 3. The molecule has 0 saturated heterocycles. The third-order valence-corrected chi connectivity index (χ3v) is 3.69. The van der Waals surface area contributed by atoms with Gasteiger partial charge in [0.05, 0.1) is 6.07 Å². The van der Waals surface area contributed by atoms with Gasteiger partial charge in [-0.3, -0.25) is 0 Å². The van der Waals surface area contributed by atoms with Crippen molar-refractivity contribution in [3.05, 3.63) is 29.8 Å². The molecule has 0 aliphatic heterocycles. The molecule has 0 radical (unpaired) electrons. The molecule has 1 N–H and O–H groups in total. The molecule has 0 atom stereocenters. The molecule has 1 rings (SSSR count). The molecule has 0 amide bonds. The van der Waals surface area contributed by atoms with E-state index in [-0.39, 0.29) is 0 Å². The van der Waals surface area contributed by atoms with Crippen molar-refractivity contribution in [2.45, 2.75) is 50.6 Å². The van der Waals surface area contributed by atoms with Crippen molar-refractivity contribution in [3.63, 3.8) is 0 Å². The molecular weight excluding hydrogens is 240 g/mol. The van der Waals surface area contributed by atoms with Crippen molar-refractivity contribution in [1.29, 1.82) is 5.26 Å². The minimum Gasteiger partial charge on any atom is -0.310 e. The molecule has 0 bridgehead atoms. The van der Waals surface area contributed by atoms with Crippen LogP contribution in [0.25, 0.3) is 0 Å². The molecule has 0 aliphatic rings. The molecule has 0 fully saturated rings. The largest absolute Gasteiger partial charge is 0.310 e. The number of nitrogens with zero attached hydrogens (tertiary/aromatic N) is 1. The number of nitriles is 1. The third kappa shape index (κ3) is 6.68. The minimum atomic E-state index is 0.527. The third-order valence-electron chi connectivity index (χ3n) is 2.59. The van der Waals surface area contributed by atoms with E-state index < -0.39 is 0 Å². The van der Waals surface area contributed by atoms with Gasteiger partial charge < -0.3 is 5.32 Å². The van der Waals surface area contributed by atoms with Crippen molar-refractivity contribution in [2.24, 2.45) is 0 Å². The summed E-state index contributed by atoms with van der Waals surface area (Å²) in [6.07, 6.45) is 2.81. The first-order valence-electron chi connectivity index (χ1n) is 6.54. The zero-order chi connectivity index (χ0) is 13.2. The predicted octanol–water partition coefficient (Wildman–Crippen LogP) is 3.97. The Morgan fingerprint density at radius 3 is 2.56 bits per heavy atom. The van der Waals surface area contributed by atoms with Gasteiger partial charge in [0.25, 0.3) is 0 Å². The maximum absolute atomic E-state index is 8.44. The lowest BCUT2D eigenvalue weighted by Gasteiger charge is -2.08. The van der Waals surface area contributed by atoms with Crippen LogP contribution in [0.4, 0.5) is 0 Å². The maximum atomic E-state index is 8.44. The zero-order valence-corrected chi connectivity index (χ0v) is 12.1. The summed E-state index contributed by atoms with van der Waals surface area (Å²) in [7, 11) is 0. The van der Waals surface area contributed by atoms with E-state index in [1.165, 1.54) is 10.5 Å². The highest BCUT2D eigenvalue weighted by atomic mass is 32.2. The van der Waals surface area contributed by atoms with Crippen molar-refractivity contribution in [2.75, 3.05) is 5.75 Å². The Morgan fingerprint density at radius 2 is 1.94 bits per heavy atom. The highest BCUT2D eigenvalue weighted by Crippen LogP contribution is 2.20. The Morgan fingerprint density at radius 1 is 1.22 bits per heavy atom. The second-order valence-corrected chi connectivity index (χ2v) is 5.81. The average molecular weight is 262 g/mol. The SMILES string of the molecule is CC(C)NCc1ccc(SCCCCC#N)cc1. The number of benzene rings is 1. The second-order valence-electron chi connectivity index (χ2n) is 4.64. The Labute approximate surface area is 115 Å². The van der Waals surface area contributed by atoms with Gasteiger partial charge in [-0.25, -0.2) is 0 Å². The van der Waals surface area contributed by atoms with Crippen LogP contribution >= 0.6 is 11.8 Å². The van der Waals surface area contributed by atoms with Gasteiger partial charge in [-0.15, -0.1) is 11.8 Å². The monoisotopic (exact) mass is 262 g/mol. The Bertz CT molecular complexity index is 365. The van der Waals surface area contributed by atoms with E-state index in [0.29, 0.717) is 12.5 Å². The lowest BCUT2D eigenvalue weighted by molar-refractivity contribution is 0.588. The minimum absolute atomic E-state index is 0.527. The lowest BCUT2D eigenvalue weighted by Crippen LogP contribution is -2.21. The van der Waals surface area contributed by atoms with Crippen LogP contribution in [-0.4, -0.2) is 11.8 Å². The number of nitrogens with one attached hydrogen (secondary N) is 1. The van der Waals surface area contributed by atoms with Crippen molar-refractivity contribution in [1.82, 2.24) is 5.32 Å². The van der Waals surface area contributed by atoms with Gasteiger partial charge in [0.2, 0.25) is 0 Å². The van der Waals surface area contributed by atoms with E-state index in [1.807, 2.05) is 11.8 Å². The second kappa shape index (κ2) is 9.02. The topological polar surface area (TPSA) is 35.8 Å². The first kappa shape index (κ1) is 15.1. The van der Waals surface area contributed by atoms with Gasteiger partial charge in [-0.2, -0.15) is 5.26 Å². The molecule has 0 heterocycles. The number of hydrogen-bond donors (Lipinski definition) is 1. The van der Waals surface area contributed by atoms with Gasteiger partial charge >= 0.3 is 0 Å². The number of thioether (sulfide) groups is 1. The van der Waals surface area contributed by atoms with E-state index in [9.17, 15) is 0 Å². The van der Waals surface area contributed by atoms with Crippen molar-refractivity contribution >= 4 is 11.8 Å². The molecule has 2 nitrogen and oxygen atoms in total. The molecule has 18 heavy (non-hydrogen) atoms. The standard InChI is InChI=1S/C15H22N2S/c1-13(2)17-12-14-6-8-15(9-7-14)18-11-5-3-4-10-16/h6-9,13,17H,3-5,11-12H2,1-2H3. The first-order chi connectivity index (χ1) is 8.72. The number of unbranched alkanes of at least 4 members (excludes halogenated alkanes) is 2. The fraction of sp³-hybridized carbons (Fsp3) is 0.533. The van der Waals surface area contributed by atoms with E-state index in [4.69, 9.17) is 5.26 Å². The van der Waals surface area contributed by atoms with Gasteiger partial charge in [-0.1, -0.05) is 26.0 Å². The fourth-order valence-corrected chi connectivity index (χ4v) is 2.43. The maximum Gasteiger partial charge on any atom is 0.0621 e. The summed E-state index contributed by atoms with van der Waals surface area (Å²) in [5.74, 6) is 1.10. The molecule has 98 valence electrons. The van der Waals surface area contributed by atoms with Gasteiger partial charge in [-0.05, 0) is 36.3 Å². The van der Waals surface area contributed by atoms with E-state index in [1.54, 1.807) is 0 Å². The molecule has 3 heteroatoms. The highest BCUT2D eigenvalue weighted by Gasteiger charge is 1.97. The average Bonchev–Trinajstić information content (AvgIpc) is 2.37. The zero-order valence-electron chi connectivity index (χ0n) is 11.3. The quantitative estimate of drug-likeness (QED) is 0.569. The van der Waals surface area contributed by atoms with Crippen LogP contribution in [0, 0.1) is 11.3 Å². The molecular formula is C15H22N2S. The van der Waals surface area contributed by atoms with Crippen LogP contribution in [0.3, 0.4) is 0 Å². The Balaban J connectivity index is 2.25. The van der Waals surface area contributed by atoms with Crippen LogP contribution in [0.5, 0.6) is 0 Å². The summed E-state index contributed by atoms with van der Waals surface area (Å²) in [5, 5.41) is 11.9. The Kier molecular flexibility index (Phi) is 7.55. The molecule has 0 aliphatic carbocycles. The number of rotatable bonds is 8. The van der Waals surface area contributed by atoms with Crippen molar-refractivity contribution < 1.29 is 0 Å². The summed E-state index contributed by atoms with van der Waals surface area (Å²) in [5.41, 5.74) is 1.33. The Hall–Kier alpha value is -0.980. The molecule has 1 aromatic rings. The van der Waals surface area contributed by atoms with Crippen LogP contribution in [-0.2, 0) is 6.54 Å². The first-order valence-corrected chi connectivity index (χ1v) is 7.53. The predicted molar refractivity (Wildman–Crippen MR) is 78.6 cm³/mol. The summed E-state index contributed by atoms with van der Waals surface area (Å²) in [4.78, 5) is 1.32. The van der Waals surface area contributed by atoms with Crippen LogP contribution in [0.15, 0.2) is 29.2 Å². The van der Waals surface area contributed by atoms with Gasteiger partial charge in [0, 0.05) is 23.9 Å². The summed E-state index contributed by atoms with van der Waals surface area (Å²) in [6, 6.07) is 11.5. The molecule has 0 unspecified atom stereocenters. The van der Waals surface area contributed by atoms with Crippen molar-refractivity contribution in [3.8, 4) is 6.07 Å². The fourth-order valence-electron chi connectivity index (χ4n) is 1.52. The van der Waals surface area contributed by atoms with E-state index in [0.717, 1.165) is 25.1 Å². The van der Waals surface area contributed by atoms with Gasteiger partial charge in [0.15, 0.2) is 0 Å². The lowest BCUT2D eigenvalue weighted by atomic mass is 10.2. The molecule has 0 spiro atoms. The smallest absolute Gasteiger partial charge is 0.0621 e. The summed E-state index contributed by atoms with van der Waals surface area (Å²) >= 11 is 1.87. The van der Waals surface area contributed by atoms with E-state index >= 15 is 0 Å². The molecule has 1 aromatic carbocycles. The van der Waals surface area contributed by atoms with Gasteiger partial charge in [0.1, 0.15) is 0 Å².